The van der Waals surface area contributed by atoms with Crippen LogP contribution >= 0.6 is 11.3 Å². The average Bonchev–Trinajstić information content (AvgIpc) is 3.43. The molecule has 1 aliphatic heterocycles. The lowest BCUT2D eigenvalue weighted by molar-refractivity contribution is -0.393. The van der Waals surface area contributed by atoms with Crippen molar-refractivity contribution in [2.24, 2.45) is 5.10 Å². The van der Waals surface area contributed by atoms with E-state index in [1.54, 1.807) is 12.1 Å². The van der Waals surface area contributed by atoms with Crippen LogP contribution in [0.4, 0.5) is 17.1 Å². The van der Waals surface area contributed by atoms with Crippen LogP contribution in [0.3, 0.4) is 0 Å². The molecule has 30 heavy (non-hydrogen) atoms. The second-order valence-corrected chi connectivity index (χ2v) is 7.52. The number of thiophene rings is 1. The van der Waals surface area contributed by atoms with Crippen molar-refractivity contribution in [3.05, 3.63) is 90.6 Å². The minimum absolute atomic E-state index is 0.215. The molecule has 0 amide bonds. The van der Waals surface area contributed by atoms with Gasteiger partial charge >= 0.3 is 5.69 Å². The van der Waals surface area contributed by atoms with Crippen molar-refractivity contribution >= 4 is 34.1 Å². The molecule has 4 rings (SSSR count). The normalized spacial score (nSPS) is 15.7. The van der Waals surface area contributed by atoms with Crippen molar-refractivity contribution in [2.45, 2.75) is 12.5 Å². The number of methoxy groups -OCH3 is 1. The molecule has 1 atom stereocenters. The Balaban J connectivity index is 1.80. The minimum Gasteiger partial charge on any atom is -0.497 e. The second-order valence-electron chi connectivity index (χ2n) is 6.54. The van der Waals surface area contributed by atoms with Crippen molar-refractivity contribution in [2.75, 3.05) is 12.1 Å². The van der Waals surface area contributed by atoms with Gasteiger partial charge in [-0.25, -0.2) is 5.01 Å². The summed E-state index contributed by atoms with van der Waals surface area (Å²) in [4.78, 5) is 22.5. The summed E-state index contributed by atoms with van der Waals surface area (Å²) in [5.74, 6) is 0.718. The molecule has 1 aromatic heterocycles. The summed E-state index contributed by atoms with van der Waals surface area (Å²) in [6, 6.07) is 14.7. The fourth-order valence-corrected chi connectivity index (χ4v) is 4.17. The van der Waals surface area contributed by atoms with Crippen molar-refractivity contribution in [3.63, 3.8) is 0 Å². The van der Waals surface area contributed by atoms with E-state index in [1.165, 1.54) is 23.5 Å². The van der Waals surface area contributed by atoms with E-state index >= 15 is 0 Å². The van der Waals surface area contributed by atoms with Crippen LogP contribution in [0.25, 0.3) is 0 Å². The first-order valence-corrected chi connectivity index (χ1v) is 9.83. The third-order valence-corrected chi connectivity index (χ3v) is 5.79. The molecule has 152 valence electrons. The van der Waals surface area contributed by atoms with Gasteiger partial charge in [-0.15, -0.1) is 11.3 Å². The molecule has 9 nitrogen and oxygen atoms in total. The molecule has 0 bridgehead atoms. The lowest BCUT2D eigenvalue weighted by Crippen LogP contribution is -2.18. The highest BCUT2D eigenvalue weighted by atomic mass is 32.1. The van der Waals surface area contributed by atoms with Crippen molar-refractivity contribution in [3.8, 4) is 5.75 Å². The molecule has 0 unspecified atom stereocenters. The number of hydrogen-bond donors (Lipinski definition) is 0. The van der Waals surface area contributed by atoms with Crippen LogP contribution in [0.5, 0.6) is 5.75 Å². The molecule has 3 aromatic rings. The Bertz CT molecular complexity index is 1130. The summed E-state index contributed by atoms with van der Waals surface area (Å²) in [7, 11) is 1.59. The van der Waals surface area contributed by atoms with Gasteiger partial charge in [0.05, 0.1) is 34.8 Å². The van der Waals surface area contributed by atoms with Gasteiger partial charge < -0.3 is 4.74 Å². The highest BCUT2D eigenvalue weighted by molar-refractivity contribution is 7.10. The maximum Gasteiger partial charge on any atom is 0.301 e. The summed E-state index contributed by atoms with van der Waals surface area (Å²) >= 11 is 1.53. The van der Waals surface area contributed by atoms with Crippen molar-refractivity contribution < 1.29 is 14.6 Å². The van der Waals surface area contributed by atoms with Crippen LogP contribution in [-0.4, -0.2) is 22.7 Å². The van der Waals surface area contributed by atoms with Gasteiger partial charge in [-0.05, 0) is 47.3 Å². The zero-order valence-corrected chi connectivity index (χ0v) is 16.6. The number of non-ortho nitro benzene ring substituents is 1. The SMILES string of the molecule is COc1ccc(C2=NN(c3ccc([N+](=O)[O-])cc3[N+](=O)[O-])[C@H](c3cccs3)C2)cc1. The standard InChI is InChI=1S/C20H16N4O5S/c1-29-15-7-4-13(5-8-15)16-12-19(20-3-2-10-30-20)22(21-16)17-9-6-14(23(25)26)11-18(17)24(27)28/h2-11,19H,12H2,1H3/t19-/m0/s1. The van der Waals surface area contributed by atoms with E-state index in [0.29, 0.717) is 6.42 Å². The van der Waals surface area contributed by atoms with Gasteiger partial charge in [-0.1, -0.05) is 6.07 Å². The van der Waals surface area contributed by atoms with Crippen LogP contribution in [0.15, 0.2) is 65.1 Å². The van der Waals surface area contributed by atoms with Crippen molar-refractivity contribution in [1.29, 1.82) is 0 Å². The van der Waals surface area contributed by atoms with Crippen molar-refractivity contribution in [1.82, 2.24) is 0 Å². The van der Waals surface area contributed by atoms with Gasteiger partial charge in [0.15, 0.2) is 0 Å². The largest absolute Gasteiger partial charge is 0.497 e. The van der Waals surface area contributed by atoms with E-state index in [9.17, 15) is 20.2 Å². The summed E-state index contributed by atoms with van der Waals surface area (Å²) in [5.41, 5.74) is 1.17. The number of nitro benzene ring substituents is 2. The molecule has 0 saturated carbocycles. The first kappa shape index (κ1) is 19.5. The Hall–Kier alpha value is -3.79. The lowest BCUT2D eigenvalue weighted by atomic mass is 10.0. The number of hydrogen-bond acceptors (Lipinski definition) is 8. The predicted octanol–water partition coefficient (Wildman–Crippen LogP) is 4.93. The molecule has 0 N–H and O–H groups in total. The van der Waals surface area contributed by atoms with E-state index in [0.717, 1.165) is 28.0 Å². The summed E-state index contributed by atoms with van der Waals surface area (Å²) in [5, 5.41) is 31.0. The molecule has 0 aliphatic carbocycles. The molecule has 0 fully saturated rings. The van der Waals surface area contributed by atoms with Crippen LogP contribution in [0, 0.1) is 20.2 Å². The second kappa shape index (κ2) is 7.91. The fraction of sp³-hybridized carbons (Fsp3) is 0.150. The average molecular weight is 424 g/mol. The highest BCUT2D eigenvalue weighted by Crippen LogP contribution is 2.43. The third-order valence-electron chi connectivity index (χ3n) is 4.82. The molecule has 2 heterocycles. The topological polar surface area (TPSA) is 111 Å². The number of nitro groups is 2. The Morgan fingerprint density at radius 3 is 2.47 bits per heavy atom. The first-order valence-electron chi connectivity index (χ1n) is 8.95. The zero-order valence-electron chi connectivity index (χ0n) is 15.8. The molecule has 2 aromatic carbocycles. The van der Waals surface area contributed by atoms with Crippen LogP contribution in [0.1, 0.15) is 22.9 Å². The van der Waals surface area contributed by atoms with Gasteiger partial charge in [0.1, 0.15) is 11.4 Å². The van der Waals surface area contributed by atoms with E-state index in [1.807, 2.05) is 41.8 Å². The van der Waals surface area contributed by atoms with Gasteiger partial charge in [0, 0.05) is 17.4 Å². The summed E-state index contributed by atoms with van der Waals surface area (Å²) < 4.78 is 5.20. The van der Waals surface area contributed by atoms with E-state index in [-0.39, 0.29) is 23.1 Å². The van der Waals surface area contributed by atoms with Crippen LogP contribution < -0.4 is 9.75 Å². The smallest absolute Gasteiger partial charge is 0.301 e. The first-order chi connectivity index (χ1) is 14.5. The third kappa shape index (κ3) is 3.60. The van der Waals surface area contributed by atoms with Gasteiger partial charge in [0.2, 0.25) is 0 Å². The number of anilines is 1. The summed E-state index contributed by atoms with van der Waals surface area (Å²) in [6.07, 6.45) is 0.543. The molecular formula is C20H16N4O5S. The number of benzene rings is 2. The van der Waals surface area contributed by atoms with E-state index < -0.39 is 9.85 Å². The molecule has 0 radical (unpaired) electrons. The maximum atomic E-state index is 11.7. The highest BCUT2D eigenvalue weighted by Gasteiger charge is 2.35. The molecule has 0 spiro atoms. The number of ether oxygens (including phenoxy) is 1. The molecular weight excluding hydrogens is 408 g/mol. The Labute approximate surface area is 175 Å². The minimum atomic E-state index is -0.649. The number of nitrogens with zero attached hydrogens (tertiary/aromatic N) is 4. The Morgan fingerprint density at radius 1 is 1.10 bits per heavy atom. The Morgan fingerprint density at radius 2 is 1.87 bits per heavy atom. The molecule has 0 saturated heterocycles. The van der Waals surface area contributed by atoms with E-state index in [4.69, 9.17) is 4.74 Å². The monoisotopic (exact) mass is 424 g/mol. The quantitative estimate of drug-likeness (QED) is 0.410. The number of rotatable bonds is 6. The van der Waals surface area contributed by atoms with Crippen LogP contribution in [-0.2, 0) is 0 Å². The van der Waals surface area contributed by atoms with Gasteiger partial charge in [0.25, 0.3) is 5.69 Å². The van der Waals surface area contributed by atoms with E-state index in [2.05, 4.69) is 5.10 Å². The fourth-order valence-electron chi connectivity index (χ4n) is 3.36. The molecule has 1 aliphatic rings. The summed E-state index contributed by atoms with van der Waals surface area (Å²) in [6.45, 7) is 0. The predicted molar refractivity (Wildman–Crippen MR) is 113 cm³/mol. The Kier molecular flexibility index (Phi) is 5.15. The van der Waals surface area contributed by atoms with Crippen LogP contribution in [0.2, 0.25) is 0 Å². The molecule has 10 heteroatoms. The van der Waals surface area contributed by atoms with Gasteiger partial charge in [-0.2, -0.15) is 5.10 Å². The zero-order chi connectivity index (χ0) is 21.3. The number of hydrazone groups is 1. The lowest BCUT2D eigenvalue weighted by Gasteiger charge is -2.22. The maximum absolute atomic E-state index is 11.7. The van der Waals surface area contributed by atoms with Gasteiger partial charge in [-0.3, -0.25) is 20.2 Å².